The zero-order valence-electron chi connectivity index (χ0n) is 8.79. The maximum Gasteiger partial charge on any atom is 0.214 e. The van der Waals surface area contributed by atoms with Crippen LogP contribution in [0.5, 0.6) is 0 Å². The van der Waals surface area contributed by atoms with Crippen LogP contribution in [0.3, 0.4) is 0 Å². The monoisotopic (exact) mass is 187 g/mol. The van der Waals surface area contributed by atoms with Gasteiger partial charge in [0.25, 0.3) is 0 Å². The molecule has 1 amide bonds. The molecule has 0 aliphatic rings. The van der Waals surface area contributed by atoms with Crippen molar-refractivity contribution in [2.45, 2.75) is 18.7 Å². The van der Waals surface area contributed by atoms with Crippen molar-refractivity contribution in [2.24, 2.45) is 0 Å². The molecule has 1 rings (SSSR count). The van der Waals surface area contributed by atoms with E-state index in [0.29, 0.717) is 6.54 Å². The van der Waals surface area contributed by atoms with Crippen molar-refractivity contribution in [1.29, 1.82) is 0 Å². The molecule has 0 radical (unpaired) electrons. The minimum absolute atomic E-state index is 0.110. The Morgan fingerprint density at radius 3 is 2.57 bits per heavy atom. The van der Waals surface area contributed by atoms with Gasteiger partial charge in [0, 0.05) is 12.4 Å². The number of hydrogen-bond acceptors (Lipinski definition) is 1. The number of amides is 1. The minimum Gasteiger partial charge on any atom is -0.352 e. The first-order chi connectivity index (χ1) is 6.74. The molecule has 0 fully saturated rings. The highest BCUT2D eigenvalue weighted by Gasteiger charge is 2.08. The highest BCUT2D eigenvalue weighted by molar-refractivity contribution is 6.28. The molecule has 72 valence electrons. The Morgan fingerprint density at radius 1 is 1.36 bits per heavy atom. The van der Waals surface area contributed by atoms with Crippen molar-refractivity contribution in [3.05, 3.63) is 35.9 Å². The van der Waals surface area contributed by atoms with E-state index in [1.807, 2.05) is 46.0 Å². The van der Waals surface area contributed by atoms with Crippen molar-refractivity contribution in [2.75, 3.05) is 0 Å². The molecule has 0 spiro atoms. The fourth-order valence-electron chi connectivity index (χ4n) is 1.14. The van der Waals surface area contributed by atoms with Gasteiger partial charge in [0.2, 0.25) is 5.91 Å². The third-order valence-corrected chi connectivity index (χ3v) is 2.37. The lowest BCUT2D eigenvalue weighted by atomic mass is 9.76. The maximum atomic E-state index is 11.4. The topological polar surface area (TPSA) is 29.1 Å². The van der Waals surface area contributed by atoms with Crippen LogP contribution >= 0.6 is 0 Å². The second-order valence-electron chi connectivity index (χ2n) is 3.51. The fourth-order valence-corrected chi connectivity index (χ4v) is 1.14. The Balaban J connectivity index is 2.38. The van der Waals surface area contributed by atoms with Crippen molar-refractivity contribution in [1.82, 2.24) is 5.32 Å². The predicted octanol–water partition coefficient (Wildman–Crippen LogP) is -0.224. The normalized spacial score (nSPS) is 12.0. The van der Waals surface area contributed by atoms with Crippen molar-refractivity contribution in [3.63, 3.8) is 0 Å². The summed E-state index contributed by atoms with van der Waals surface area (Å²) in [7, 11) is 3.97. The second kappa shape index (κ2) is 5.53. The SMILES string of the molecule is BCC(B)C(=O)NCc1ccccc1. The lowest BCUT2D eigenvalue weighted by molar-refractivity contribution is -0.120. The number of carbonyl (C=O) groups is 1. The molecule has 0 heterocycles. The lowest BCUT2D eigenvalue weighted by Gasteiger charge is -2.09. The molecule has 0 aliphatic heterocycles. The van der Waals surface area contributed by atoms with Gasteiger partial charge >= 0.3 is 0 Å². The molecule has 1 aromatic rings. The molecule has 1 aromatic carbocycles. The molecule has 0 saturated carbocycles. The Morgan fingerprint density at radius 2 is 2.00 bits per heavy atom. The van der Waals surface area contributed by atoms with E-state index >= 15 is 0 Å². The van der Waals surface area contributed by atoms with Crippen LogP contribution in [0.2, 0.25) is 12.1 Å². The van der Waals surface area contributed by atoms with Crippen LogP contribution in [-0.2, 0) is 11.3 Å². The van der Waals surface area contributed by atoms with Crippen LogP contribution in [0, 0.1) is 0 Å². The van der Waals surface area contributed by atoms with Crippen molar-refractivity contribution < 1.29 is 4.79 Å². The standard InChI is InChI=1S/C10H15B2NO/c11-6-9(12)10(14)13-7-8-4-2-1-3-5-8/h1-5,9H,6-7,11-12H2,(H,13,14). The third kappa shape index (κ3) is 3.29. The van der Waals surface area contributed by atoms with Gasteiger partial charge in [0.1, 0.15) is 15.7 Å². The molecule has 0 aliphatic carbocycles. The van der Waals surface area contributed by atoms with E-state index in [4.69, 9.17) is 0 Å². The Kier molecular flexibility index (Phi) is 4.30. The van der Waals surface area contributed by atoms with Gasteiger partial charge in [-0.3, -0.25) is 4.79 Å². The zero-order chi connectivity index (χ0) is 10.4. The smallest absolute Gasteiger partial charge is 0.214 e. The summed E-state index contributed by atoms with van der Waals surface area (Å²) in [6, 6.07) is 9.95. The van der Waals surface area contributed by atoms with Gasteiger partial charge in [-0.1, -0.05) is 36.7 Å². The van der Waals surface area contributed by atoms with E-state index in [1.165, 1.54) is 0 Å². The van der Waals surface area contributed by atoms with Gasteiger partial charge in [0.15, 0.2) is 0 Å². The first-order valence-corrected chi connectivity index (χ1v) is 5.05. The molecular formula is C10H15B2NO. The highest BCUT2D eigenvalue weighted by Crippen LogP contribution is 2.04. The number of carbonyl (C=O) groups excluding carboxylic acids is 1. The van der Waals surface area contributed by atoms with Gasteiger partial charge in [-0.25, -0.2) is 0 Å². The molecule has 0 saturated heterocycles. The summed E-state index contributed by atoms with van der Waals surface area (Å²) in [5, 5.41) is 2.91. The Hall–Kier alpha value is -1.18. The summed E-state index contributed by atoms with van der Waals surface area (Å²) in [4.78, 5) is 11.4. The summed E-state index contributed by atoms with van der Waals surface area (Å²) >= 11 is 0. The molecule has 14 heavy (non-hydrogen) atoms. The maximum absolute atomic E-state index is 11.4. The quantitative estimate of drug-likeness (QED) is 0.648. The fraction of sp³-hybridized carbons (Fsp3) is 0.300. The van der Waals surface area contributed by atoms with Crippen LogP contribution in [0.15, 0.2) is 30.3 Å². The van der Waals surface area contributed by atoms with Gasteiger partial charge in [-0.05, 0) is 5.56 Å². The Bertz CT molecular complexity index is 289. The molecule has 1 N–H and O–H groups in total. The minimum atomic E-state index is 0.110. The van der Waals surface area contributed by atoms with E-state index < -0.39 is 0 Å². The van der Waals surface area contributed by atoms with Crippen molar-refractivity contribution in [3.8, 4) is 0 Å². The van der Waals surface area contributed by atoms with Gasteiger partial charge in [-0.2, -0.15) is 0 Å². The van der Waals surface area contributed by atoms with E-state index in [-0.39, 0.29) is 11.7 Å². The number of benzene rings is 1. The molecule has 1 unspecified atom stereocenters. The summed E-state index contributed by atoms with van der Waals surface area (Å²) in [5.41, 5.74) is 1.14. The first-order valence-electron chi connectivity index (χ1n) is 5.05. The molecular weight excluding hydrogens is 172 g/mol. The van der Waals surface area contributed by atoms with Crippen LogP contribution in [0.4, 0.5) is 0 Å². The van der Waals surface area contributed by atoms with Gasteiger partial charge in [0.05, 0.1) is 0 Å². The summed E-state index contributed by atoms with van der Waals surface area (Å²) in [6.07, 6.45) is 0.890. The largest absolute Gasteiger partial charge is 0.352 e. The van der Waals surface area contributed by atoms with Crippen LogP contribution in [-0.4, -0.2) is 21.6 Å². The van der Waals surface area contributed by atoms with Gasteiger partial charge < -0.3 is 5.32 Å². The molecule has 0 aromatic heterocycles. The van der Waals surface area contributed by atoms with E-state index in [9.17, 15) is 4.79 Å². The average molecular weight is 187 g/mol. The van der Waals surface area contributed by atoms with Crippen LogP contribution in [0.1, 0.15) is 5.56 Å². The van der Waals surface area contributed by atoms with E-state index in [0.717, 1.165) is 11.9 Å². The highest BCUT2D eigenvalue weighted by atomic mass is 16.1. The Labute approximate surface area is 86.9 Å². The number of rotatable bonds is 4. The molecule has 0 bridgehead atoms. The second-order valence-corrected chi connectivity index (χ2v) is 3.51. The van der Waals surface area contributed by atoms with Crippen LogP contribution < -0.4 is 5.32 Å². The third-order valence-electron chi connectivity index (χ3n) is 2.37. The van der Waals surface area contributed by atoms with Crippen LogP contribution in [0.25, 0.3) is 0 Å². The number of nitrogens with one attached hydrogen (secondary N) is 1. The van der Waals surface area contributed by atoms with E-state index in [2.05, 4.69) is 5.32 Å². The van der Waals surface area contributed by atoms with E-state index in [1.54, 1.807) is 0 Å². The van der Waals surface area contributed by atoms with Gasteiger partial charge in [-0.15, -0.1) is 0 Å². The van der Waals surface area contributed by atoms with Crippen molar-refractivity contribution >= 4 is 21.6 Å². The average Bonchev–Trinajstić information content (AvgIpc) is 2.26. The lowest BCUT2D eigenvalue weighted by Crippen LogP contribution is -2.26. The zero-order valence-corrected chi connectivity index (χ0v) is 8.79. The summed E-state index contributed by atoms with van der Waals surface area (Å²) in [5.74, 6) is 0.245. The molecule has 1 atom stereocenters. The first kappa shape index (κ1) is 10.9. The number of hydrogen-bond donors (Lipinski definition) is 1. The molecule has 2 nitrogen and oxygen atoms in total. The summed E-state index contributed by atoms with van der Waals surface area (Å²) < 4.78 is 0. The predicted molar refractivity (Wildman–Crippen MR) is 63.9 cm³/mol. The summed E-state index contributed by atoms with van der Waals surface area (Å²) in [6.45, 7) is 0.629. The molecule has 4 heteroatoms.